The molecule has 4 rings (SSSR count). The summed E-state index contributed by atoms with van der Waals surface area (Å²) in [6.45, 7) is 8.13. The minimum absolute atomic E-state index is 0.0174. The SMILES string of the molecule is CCN(CC(=O)N1CCc2sccc2[C@H]1COc1ccc(C(C)C)cc1)C(=O)C1CCCC1. The number of hydrogen-bond donors (Lipinski definition) is 0. The maximum atomic E-state index is 13.4. The highest BCUT2D eigenvalue weighted by Crippen LogP contribution is 2.34. The standard InChI is InChI=1S/C27H36N2O3S/c1-4-28(27(31)21-7-5-6-8-21)17-26(30)29-15-13-25-23(14-16-33-25)24(29)18-32-22-11-9-20(10-12-22)19(2)3/h9-12,14,16,19,21,24H,4-8,13,15,17-18H2,1-3H3/t24-/m1/s1. The van der Waals surface area contributed by atoms with Crippen molar-refractivity contribution in [3.63, 3.8) is 0 Å². The Balaban J connectivity index is 1.46. The molecule has 2 amide bonds. The Hall–Kier alpha value is -2.34. The molecule has 6 heteroatoms. The average molecular weight is 469 g/mol. The third-order valence-corrected chi connectivity index (χ3v) is 8.09. The summed E-state index contributed by atoms with van der Waals surface area (Å²) in [5, 5.41) is 2.10. The number of rotatable bonds is 8. The Morgan fingerprint density at radius 3 is 2.55 bits per heavy atom. The molecule has 1 fully saturated rings. The highest BCUT2D eigenvalue weighted by molar-refractivity contribution is 7.10. The first kappa shape index (κ1) is 23.8. The van der Waals surface area contributed by atoms with Crippen molar-refractivity contribution in [2.45, 2.75) is 64.8 Å². The van der Waals surface area contributed by atoms with Gasteiger partial charge < -0.3 is 14.5 Å². The molecule has 1 atom stereocenters. The highest BCUT2D eigenvalue weighted by atomic mass is 32.1. The first-order valence-electron chi connectivity index (χ1n) is 12.3. The van der Waals surface area contributed by atoms with Gasteiger partial charge in [-0.05, 0) is 66.8 Å². The molecule has 0 radical (unpaired) electrons. The molecule has 2 heterocycles. The molecule has 0 spiro atoms. The van der Waals surface area contributed by atoms with Crippen molar-refractivity contribution in [3.05, 3.63) is 51.7 Å². The van der Waals surface area contributed by atoms with E-state index in [1.165, 1.54) is 16.0 Å². The van der Waals surface area contributed by atoms with E-state index in [-0.39, 0.29) is 30.3 Å². The largest absolute Gasteiger partial charge is 0.491 e. The molecule has 33 heavy (non-hydrogen) atoms. The van der Waals surface area contributed by atoms with E-state index in [1.807, 2.05) is 24.0 Å². The number of thiophene rings is 1. The highest BCUT2D eigenvalue weighted by Gasteiger charge is 2.34. The van der Waals surface area contributed by atoms with Crippen LogP contribution in [0, 0.1) is 5.92 Å². The topological polar surface area (TPSA) is 49.9 Å². The summed E-state index contributed by atoms with van der Waals surface area (Å²) in [5.74, 6) is 1.56. The number of likely N-dealkylation sites (N-methyl/N-ethyl adjacent to an activating group) is 1. The van der Waals surface area contributed by atoms with Crippen molar-refractivity contribution in [2.75, 3.05) is 26.2 Å². The van der Waals surface area contributed by atoms with Crippen LogP contribution in [0.15, 0.2) is 35.7 Å². The van der Waals surface area contributed by atoms with Gasteiger partial charge in [-0.25, -0.2) is 0 Å². The Bertz CT molecular complexity index is 947. The number of carbonyl (C=O) groups excluding carboxylic acids is 2. The van der Waals surface area contributed by atoms with Crippen LogP contribution in [0.2, 0.25) is 0 Å². The van der Waals surface area contributed by atoms with Gasteiger partial charge in [0.15, 0.2) is 0 Å². The molecule has 0 saturated heterocycles. The van der Waals surface area contributed by atoms with Crippen LogP contribution in [0.1, 0.15) is 74.4 Å². The van der Waals surface area contributed by atoms with Gasteiger partial charge in [-0.2, -0.15) is 0 Å². The second kappa shape index (κ2) is 10.7. The molecule has 0 N–H and O–H groups in total. The lowest BCUT2D eigenvalue weighted by Gasteiger charge is -2.37. The van der Waals surface area contributed by atoms with E-state index in [0.717, 1.165) is 37.9 Å². The van der Waals surface area contributed by atoms with Gasteiger partial charge >= 0.3 is 0 Å². The van der Waals surface area contributed by atoms with Crippen molar-refractivity contribution in [3.8, 4) is 5.75 Å². The zero-order valence-electron chi connectivity index (χ0n) is 20.1. The molecule has 1 aliphatic heterocycles. The Labute approximate surface area is 201 Å². The minimum atomic E-state index is -0.127. The Kier molecular flexibility index (Phi) is 7.74. The average Bonchev–Trinajstić information content (AvgIpc) is 3.53. The van der Waals surface area contributed by atoms with E-state index in [0.29, 0.717) is 25.6 Å². The van der Waals surface area contributed by atoms with Crippen LogP contribution in [0.5, 0.6) is 5.75 Å². The summed E-state index contributed by atoms with van der Waals surface area (Å²) < 4.78 is 6.18. The van der Waals surface area contributed by atoms with Crippen LogP contribution in [0.3, 0.4) is 0 Å². The molecule has 1 aromatic heterocycles. The number of fused-ring (bicyclic) bond motifs is 1. The molecule has 0 unspecified atom stereocenters. The normalized spacial score (nSPS) is 18.4. The lowest BCUT2D eigenvalue weighted by Crippen LogP contribution is -2.48. The lowest BCUT2D eigenvalue weighted by atomic mass is 10.00. The van der Waals surface area contributed by atoms with Crippen molar-refractivity contribution >= 4 is 23.2 Å². The second-order valence-electron chi connectivity index (χ2n) is 9.52. The maximum absolute atomic E-state index is 13.4. The number of nitrogens with zero attached hydrogens (tertiary/aromatic N) is 2. The Morgan fingerprint density at radius 1 is 1.15 bits per heavy atom. The molecular formula is C27H36N2O3S. The van der Waals surface area contributed by atoms with Crippen molar-refractivity contribution in [1.29, 1.82) is 0 Å². The van der Waals surface area contributed by atoms with Crippen LogP contribution in [-0.2, 0) is 16.0 Å². The lowest BCUT2D eigenvalue weighted by molar-refractivity contribution is -0.144. The van der Waals surface area contributed by atoms with Crippen molar-refractivity contribution < 1.29 is 14.3 Å². The molecule has 2 aromatic rings. The van der Waals surface area contributed by atoms with Crippen molar-refractivity contribution in [1.82, 2.24) is 9.80 Å². The molecule has 1 aromatic carbocycles. The van der Waals surface area contributed by atoms with Gasteiger partial charge in [0.1, 0.15) is 12.4 Å². The maximum Gasteiger partial charge on any atom is 0.242 e. The summed E-state index contributed by atoms with van der Waals surface area (Å²) in [6.07, 6.45) is 5.01. The van der Waals surface area contributed by atoms with E-state index in [9.17, 15) is 9.59 Å². The van der Waals surface area contributed by atoms with Crippen LogP contribution >= 0.6 is 11.3 Å². The predicted octanol–water partition coefficient (Wildman–Crippen LogP) is 5.42. The Morgan fingerprint density at radius 2 is 1.88 bits per heavy atom. The number of benzene rings is 1. The molecule has 5 nitrogen and oxygen atoms in total. The second-order valence-corrected chi connectivity index (χ2v) is 10.5. The zero-order valence-corrected chi connectivity index (χ0v) is 20.9. The quantitative estimate of drug-likeness (QED) is 0.520. The fourth-order valence-corrected chi connectivity index (χ4v) is 5.96. The third-order valence-electron chi connectivity index (χ3n) is 7.09. The number of amides is 2. The smallest absolute Gasteiger partial charge is 0.242 e. The van der Waals surface area contributed by atoms with E-state index >= 15 is 0 Å². The molecule has 0 bridgehead atoms. The van der Waals surface area contributed by atoms with Gasteiger partial charge in [0, 0.05) is 23.9 Å². The van der Waals surface area contributed by atoms with Gasteiger partial charge in [0.25, 0.3) is 0 Å². The summed E-state index contributed by atoms with van der Waals surface area (Å²) >= 11 is 1.75. The van der Waals surface area contributed by atoms with Crippen LogP contribution in [0.4, 0.5) is 0 Å². The first-order chi connectivity index (χ1) is 16.0. The summed E-state index contributed by atoms with van der Waals surface area (Å²) in [4.78, 5) is 31.4. The van der Waals surface area contributed by atoms with E-state index in [4.69, 9.17) is 4.74 Å². The summed E-state index contributed by atoms with van der Waals surface area (Å²) in [6, 6.07) is 10.2. The number of carbonyl (C=O) groups is 2. The fourth-order valence-electron chi connectivity index (χ4n) is 5.03. The fraction of sp³-hybridized carbons (Fsp3) is 0.556. The predicted molar refractivity (Wildman–Crippen MR) is 133 cm³/mol. The molecule has 2 aliphatic rings. The zero-order chi connectivity index (χ0) is 23.4. The van der Waals surface area contributed by atoms with Crippen LogP contribution in [-0.4, -0.2) is 47.9 Å². The molecule has 1 saturated carbocycles. The third kappa shape index (κ3) is 5.43. The van der Waals surface area contributed by atoms with E-state index < -0.39 is 0 Å². The van der Waals surface area contributed by atoms with Gasteiger partial charge in [-0.3, -0.25) is 9.59 Å². The van der Waals surface area contributed by atoms with Crippen LogP contribution < -0.4 is 4.74 Å². The number of ether oxygens (including phenoxy) is 1. The minimum Gasteiger partial charge on any atom is -0.491 e. The van der Waals surface area contributed by atoms with Crippen molar-refractivity contribution in [2.24, 2.45) is 5.92 Å². The van der Waals surface area contributed by atoms with Gasteiger partial charge in [0.2, 0.25) is 11.8 Å². The van der Waals surface area contributed by atoms with E-state index in [1.54, 1.807) is 16.2 Å². The summed E-state index contributed by atoms with van der Waals surface area (Å²) in [7, 11) is 0. The molecular weight excluding hydrogens is 432 g/mol. The molecule has 178 valence electrons. The van der Waals surface area contributed by atoms with E-state index in [2.05, 4.69) is 37.4 Å². The van der Waals surface area contributed by atoms with Gasteiger partial charge in [0.05, 0.1) is 12.6 Å². The molecule has 1 aliphatic carbocycles. The van der Waals surface area contributed by atoms with Gasteiger partial charge in [-0.1, -0.05) is 38.8 Å². The monoisotopic (exact) mass is 468 g/mol. The number of hydrogen-bond acceptors (Lipinski definition) is 4. The first-order valence-corrected chi connectivity index (χ1v) is 13.2. The van der Waals surface area contributed by atoms with Crippen LogP contribution in [0.25, 0.3) is 0 Å². The summed E-state index contributed by atoms with van der Waals surface area (Å²) in [5.41, 5.74) is 2.46. The van der Waals surface area contributed by atoms with Gasteiger partial charge in [-0.15, -0.1) is 11.3 Å².